The molecule has 0 aromatic heterocycles. The van der Waals surface area contributed by atoms with Gasteiger partial charge in [0, 0.05) is 11.8 Å². The highest BCUT2D eigenvalue weighted by Gasteiger charge is 1.97. The third-order valence-corrected chi connectivity index (χ3v) is 2.64. The molecule has 15 heavy (non-hydrogen) atoms. The first-order chi connectivity index (χ1) is 7.33. The molecule has 71 valence electrons. The molecule has 3 aromatic rings. The summed E-state index contributed by atoms with van der Waals surface area (Å²) >= 11 is 0. The van der Waals surface area contributed by atoms with E-state index in [0.29, 0.717) is 5.69 Å². The number of hydrogen-bond acceptors (Lipinski definition) is 1. The van der Waals surface area contributed by atoms with Crippen LogP contribution in [-0.2, 0) is 0 Å². The molecule has 0 bridgehead atoms. The van der Waals surface area contributed by atoms with Crippen molar-refractivity contribution in [1.29, 1.82) is 0 Å². The van der Waals surface area contributed by atoms with Crippen LogP contribution in [0.4, 0.5) is 5.69 Å². The van der Waals surface area contributed by atoms with Gasteiger partial charge in [-0.2, -0.15) is 0 Å². The van der Waals surface area contributed by atoms with Crippen molar-refractivity contribution in [2.24, 2.45) is 0 Å². The van der Waals surface area contributed by atoms with Crippen LogP contribution in [0, 0.1) is 6.07 Å². The predicted molar refractivity (Wildman–Crippen MR) is 64.7 cm³/mol. The Kier molecular flexibility index (Phi) is 1.65. The molecule has 0 saturated carbocycles. The van der Waals surface area contributed by atoms with Crippen LogP contribution < -0.4 is 5.73 Å². The van der Waals surface area contributed by atoms with Gasteiger partial charge < -0.3 is 5.73 Å². The van der Waals surface area contributed by atoms with Crippen molar-refractivity contribution in [1.82, 2.24) is 0 Å². The Bertz CT molecular complexity index is 641. The standard InChI is InChI=1S/C14H10N/c15-14-6-5-12-7-10-3-1-2-4-11(10)8-13(12)9-14/h1-8H,15H2. The van der Waals surface area contributed by atoms with E-state index in [1.807, 2.05) is 18.2 Å². The van der Waals surface area contributed by atoms with Gasteiger partial charge in [-0.25, -0.2) is 0 Å². The lowest BCUT2D eigenvalue weighted by Gasteiger charge is -2.02. The molecule has 0 fully saturated rings. The van der Waals surface area contributed by atoms with Crippen molar-refractivity contribution in [2.45, 2.75) is 0 Å². The fourth-order valence-electron chi connectivity index (χ4n) is 1.88. The lowest BCUT2D eigenvalue weighted by molar-refractivity contribution is 1.73. The predicted octanol–water partition coefficient (Wildman–Crippen LogP) is 3.38. The lowest BCUT2D eigenvalue weighted by atomic mass is 10.0. The summed E-state index contributed by atoms with van der Waals surface area (Å²) in [5.41, 5.74) is 6.40. The van der Waals surface area contributed by atoms with Crippen LogP contribution in [0.15, 0.2) is 48.5 Å². The fourth-order valence-corrected chi connectivity index (χ4v) is 1.88. The molecule has 0 unspecified atom stereocenters. The highest BCUT2D eigenvalue weighted by atomic mass is 14.5. The van der Waals surface area contributed by atoms with Gasteiger partial charge in [-0.15, -0.1) is 0 Å². The number of fused-ring (bicyclic) bond motifs is 2. The van der Waals surface area contributed by atoms with Crippen LogP contribution in [-0.4, -0.2) is 0 Å². The highest BCUT2D eigenvalue weighted by Crippen LogP contribution is 2.23. The molecule has 1 heteroatoms. The Balaban J connectivity index is 2.47. The topological polar surface area (TPSA) is 26.0 Å². The smallest absolute Gasteiger partial charge is 0.0401 e. The van der Waals surface area contributed by atoms with E-state index in [0.717, 1.165) is 5.39 Å². The Morgan fingerprint density at radius 2 is 1.53 bits per heavy atom. The van der Waals surface area contributed by atoms with Gasteiger partial charge in [-0.05, 0) is 39.7 Å². The maximum absolute atomic E-state index is 5.71. The molecule has 0 atom stereocenters. The summed E-state index contributed by atoms with van der Waals surface area (Å²) in [6.45, 7) is 0. The SMILES string of the molecule is Nc1[c]c2cc3ccccc3cc2cc1. The minimum Gasteiger partial charge on any atom is -0.398 e. The number of nitrogens with two attached hydrogens (primary N) is 1. The molecule has 0 heterocycles. The second-order valence-electron chi connectivity index (χ2n) is 3.70. The molecule has 0 spiro atoms. The van der Waals surface area contributed by atoms with Gasteiger partial charge in [-0.1, -0.05) is 30.3 Å². The second kappa shape index (κ2) is 2.99. The van der Waals surface area contributed by atoms with E-state index in [1.165, 1.54) is 16.2 Å². The van der Waals surface area contributed by atoms with E-state index in [9.17, 15) is 0 Å². The average Bonchev–Trinajstić information content (AvgIpc) is 2.26. The van der Waals surface area contributed by atoms with Crippen molar-refractivity contribution in [3.8, 4) is 0 Å². The molecule has 3 aromatic carbocycles. The van der Waals surface area contributed by atoms with E-state index in [1.54, 1.807) is 0 Å². The molecule has 1 radical (unpaired) electrons. The monoisotopic (exact) mass is 192 g/mol. The Morgan fingerprint density at radius 3 is 2.33 bits per heavy atom. The summed E-state index contributed by atoms with van der Waals surface area (Å²) in [6, 6.07) is 19.7. The van der Waals surface area contributed by atoms with Gasteiger partial charge in [0.2, 0.25) is 0 Å². The van der Waals surface area contributed by atoms with Crippen LogP contribution in [0.2, 0.25) is 0 Å². The zero-order valence-corrected chi connectivity index (χ0v) is 8.20. The zero-order valence-electron chi connectivity index (χ0n) is 8.20. The van der Waals surface area contributed by atoms with Crippen LogP contribution in [0.25, 0.3) is 21.5 Å². The molecule has 0 saturated heterocycles. The molecule has 0 aliphatic heterocycles. The number of rotatable bonds is 0. The number of nitrogen functional groups attached to an aromatic ring is 1. The van der Waals surface area contributed by atoms with Crippen molar-refractivity contribution in [3.05, 3.63) is 54.6 Å². The maximum Gasteiger partial charge on any atom is 0.0401 e. The number of hydrogen-bond donors (Lipinski definition) is 1. The van der Waals surface area contributed by atoms with Crippen molar-refractivity contribution >= 4 is 27.2 Å². The highest BCUT2D eigenvalue weighted by molar-refractivity contribution is 5.98. The van der Waals surface area contributed by atoms with Gasteiger partial charge in [0.15, 0.2) is 0 Å². The quantitative estimate of drug-likeness (QED) is 0.429. The van der Waals surface area contributed by atoms with E-state index in [-0.39, 0.29) is 0 Å². The summed E-state index contributed by atoms with van der Waals surface area (Å²) in [4.78, 5) is 0. The molecule has 0 aliphatic rings. The fraction of sp³-hybridized carbons (Fsp3) is 0. The first-order valence-electron chi connectivity index (χ1n) is 4.93. The van der Waals surface area contributed by atoms with Crippen molar-refractivity contribution < 1.29 is 0 Å². The van der Waals surface area contributed by atoms with E-state index in [4.69, 9.17) is 5.73 Å². The van der Waals surface area contributed by atoms with Gasteiger partial charge in [0.1, 0.15) is 0 Å². The minimum absolute atomic E-state index is 0.692. The maximum atomic E-state index is 5.71. The van der Waals surface area contributed by atoms with Gasteiger partial charge in [0.25, 0.3) is 0 Å². The third-order valence-electron chi connectivity index (χ3n) is 2.64. The Hall–Kier alpha value is -2.02. The molecule has 2 N–H and O–H groups in total. The van der Waals surface area contributed by atoms with E-state index in [2.05, 4.69) is 36.4 Å². The molecular formula is C14H10N. The van der Waals surface area contributed by atoms with Crippen molar-refractivity contribution in [2.75, 3.05) is 5.73 Å². The second-order valence-corrected chi connectivity index (χ2v) is 3.70. The van der Waals surface area contributed by atoms with Crippen LogP contribution in [0.5, 0.6) is 0 Å². The third kappa shape index (κ3) is 1.33. The van der Waals surface area contributed by atoms with Crippen LogP contribution in [0.1, 0.15) is 0 Å². The normalized spacial score (nSPS) is 10.9. The summed E-state index contributed by atoms with van der Waals surface area (Å²) in [7, 11) is 0. The zero-order chi connectivity index (χ0) is 10.3. The molecule has 0 amide bonds. The van der Waals surface area contributed by atoms with Gasteiger partial charge in [0.05, 0.1) is 0 Å². The minimum atomic E-state index is 0.692. The number of anilines is 1. The lowest BCUT2D eigenvalue weighted by Crippen LogP contribution is -1.84. The number of benzene rings is 3. The summed E-state index contributed by atoms with van der Waals surface area (Å²) < 4.78 is 0. The average molecular weight is 192 g/mol. The van der Waals surface area contributed by atoms with E-state index < -0.39 is 0 Å². The Labute approximate surface area is 88.1 Å². The van der Waals surface area contributed by atoms with Crippen LogP contribution in [0.3, 0.4) is 0 Å². The summed E-state index contributed by atoms with van der Waals surface area (Å²) in [6.07, 6.45) is 0. The Morgan fingerprint density at radius 1 is 0.800 bits per heavy atom. The van der Waals surface area contributed by atoms with Crippen molar-refractivity contribution in [3.63, 3.8) is 0 Å². The van der Waals surface area contributed by atoms with Gasteiger partial charge in [-0.3, -0.25) is 0 Å². The largest absolute Gasteiger partial charge is 0.398 e. The molecule has 1 nitrogen and oxygen atoms in total. The summed E-state index contributed by atoms with van der Waals surface area (Å²) in [5.74, 6) is 0. The summed E-state index contributed by atoms with van der Waals surface area (Å²) in [5, 5.41) is 4.74. The van der Waals surface area contributed by atoms with E-state index >= 15 is 0 Å². The molecule has 0 aliphatic carbocycles. The molecular weight excluding hydrogens is 182 g/mol. The first kappa shape index (κ1) is 8.30. The van der Waals surface area contributed by atoms with Crippen LogP contribution >= 0.6 is 0 Å². The molecule has 3 rings (SSSR count). The first-order valence-corrected chi connectivity index (χ1v) is 4.93. The van der Waals surface area contributed by atoms with Gasteiger partial charge >= 0.3 is 0 Å².